The summed E-state index contributed by atoms with van der Waals surface area (Å²) in [4.78, 5) is 11.9. The second kappa shape index (κ2) is 6.36. The molecule has 0 aromatic rings. The average molecular weight is 240 g/mol. The van der Waals surface area contributed by atoms with E-state index in [-0.39, 0.29) is 11.9 Å². The van der Waals surface area contributed by atoms with Gasteiger partial charge in [0, 0.05) is 13.2 Å². The highest BCUT2D eigenvalue weighted by atomic mass is 16.5. The number of amides is 1. The van der Waals surface area contributed by atoms with E-state index in [1.165, 1.54) is 12.8 Å². The van der Waals surface area contributed by atoms with Crippen molar-refractivity contribution in [3.05, 3.63) is 0 Å². The molecule has 0 saturated carbocycles. The van der Waals surface area contributed by atoms with Crippen LogP contribution in [0.4, 0.5) is 0 Å². The third kappa shape index (κ3) is 3.68. The predicted molar refractivity (Wildman–Crippen MR) is 66.8 cm³/mol. The number of carbonyl (C=O) groups is 1. The molecule has 2 saturated heterocycles. The molecule has 2 rings (SSSR count). The first-order chi connectivity index (χ1) is 8.27. The summed E-state index contributed by atoms with van der Waals surface area (Å²) >= 11 is 0. The predicted octanol–water partition coefficient (Wildman–Crippen LogP) is 1.06. The van der Waals surface area contributed by atoms with Gasteiger partial charge in [-0.1, -0.05) is 6.92 Å². The Morgan fingerprint density at radius 3 is 2.94 bits per heavy atom. The number of nitrogens with one attached hydrogen (secondary N) is 2. The Hall–Kier alpha value is -0.610. The molecule has 2 N–H and O–H groups in total. The van der Waals surface area contributed by atoms with E-state index in [0.717, 1.165) is 39.0 Å². The van der Waals surface area contributed by atoms with E-state index in [1.54, 1.807) is 0 Å². The summed E-state index contributed by atoms with van der Waals surface area (Å²) in [6, 6.07) is 0.0160. The zero-order valence-corrected chi connectivity index (χ0v) is 10.7. The van der Waals surface area contributed by atoms with Gasteiger partial charge in [-0.25, -0.2) is 0 Å². The second-order valence-electron chi connectivity index (χ2n) is 5.27. The summed E-state index contributed by atoms with van der Waals surface area (Å²) in [6.07, 6.45) is 6.01. The molecule has 98 valence electrons. The van der Waals surface area contributed by atoms with Crippen molar-refractivity contribution in [2.75, 3.05) is 19.7 Å². The highest BCUT2D eigenvalue weighted by Gasteiger charge is 2.28. The zero-order valence-electron chi connectivity index (χ0n) is 10.7. The van der Waals surface area contributed by atoms with Crippen LogP contribution in [0.25, 0.3) is 0 Å². The molecular weight excluding hydrogens is 216 g/mol. The Morgan fingerprint density at radius 2 is 2.29 bits per heavy atom. The van der Waals surface area contributed by atoms with Crippen LogP contribution in [0.1, 0.15) is 39.0 Å². The number of carbonyl (C=O) groups excluding carboxylic acids is 1. The van der Waals surface area contributed by atoms with Crippen molar-refractivity contribution in [1.82, 2.24) is 10.6 Å². The quantitative estimate of drug-likeness (QED) is 0.772. The van der Waals surface area contributed by atoms with Crippen molar-refractivity contribution in [3.8, 4) is 0 Å². The molecule has 1 amide bonds. The summed E-state index contributed by atoms with van der Waals surface area (Å²) in [5.74, 6) is 0.617. The topological polar surface area (TPSA) is 50.4 Å². The van der Waals surface area contributed by atoms with Crippen LogP contribution in [0.15, 0.2) is 0 Å². The first kappa shape index (κ1) is 12.8. The molecule has 2 heterocycles. The molecule has 3 unspecified atom stereocenters. The molecule has 17 heavy (non-hydrogen) atoms. The highest BCUT2D eigenvalue weighted by Crippen LogP contribution is 2.16. The summed E-state index contributed by atoms with van der Waals surface area (Å²) in [7, 11) is 0. The fourth-order valence-corrected chi connectivity index (χ4v) is 2.69. The lowest BCUT2D eigenvalue weighted by atomic mass is 10.0. The van der Waals surface area contributed by atoms with Crippen LogP contribution in [0.5, 0.6) is 0 Å². The standard InChI is InChI=1S/C13H24N2O2/c1-10-5-7-14-12(10)13(16)15-8-6-11-4-2-3-9-17-11/h10-12,14H,2-9H2,1H3,(H,15,16). The molecule has 0 aliphatic carbocycles. The Kier molecular flexibility index (Phi) is 4.80. The van der Waals surface area contributed by atoms with Crippen molar-refractivity contribution in [2.45, 2.75) is 51.2 Å². The van der Waals surface area contributed by atoms with E-state index in [4.69, 9.17) is 4.74 Å². The summed E-state index contributed by atoms with van der Waals surface area (Å²) in [5, 5.41) is 6.27. The number of hydrogen-bond acceptors (Lipinski definition) is 3. The molecule has 0 aromatic carbocycles. The fraction of sp³-hybridized carbons (Fsp3) is 0.923. The zero-order chi connectivity index (χ0) is 12.1. The van der Waals surface area contributed by atoms with Crippen molar-refractivity contribution in [1.29, 1.82) is 0 Å². The van der Waals surface area contributed by atoms with Gasteiger partial charge in [0.1, 0.15) is 0 Å². The monoisotopic (exact) mass is 240 g/mol. The molecule has 4 heteroatoms. The molecule has 2 aliphatic rings. The lowest BCUT2D eigenvalue weighted by Gasteiger charge is -2.23. The van der Waals surface area contributed by atoms with Crippen LogP contribution in [-0.4, -0.2) is 37.7 Å². The minimum Gasteiger partial charge on any atom is -0.378 e. The van der Waals surface area contributed by atoms with Crippen LogP contribution in [-0.2, 0) is 9.53 Å². The lowest BCUT2D eigenvalue weighted by molar-refractivity contribution is -0.123. The number of hydrogen-bond donors (Lipinski definition) is 2. The lowest BCUT2D eigenvalue weighted by Crippen LogP contribution is -2.44. The molecule has 0 radical (unpaired) electrons. The number of rotatable bonds is 4. The molecule has 2 fully saturated rings. The Morgan fingerprint density at radius 1 is 1.41 bits per heavy atom. The normalized spacial score (nSPS) is 33.6. The van der Waals surface area contributed by atoms with E-state index < -0.39 is 0 Å². The van der Waals surface area contributed by atoms with Crippen LogP contribution < -0.4 is 10.6 Å². The summed E-state index contributed by atoms with van der Waals surface area (Å²) in [6.45, 7) is 4.73. The van der Waals surface area contributed by atoms with E-state index in [2.05, 4.69) is 17.6 Å². The Bertz CT molecular complexity index is 252. The highest BCUT2D eigenvalue weighted by molar-refractivity contribution is 5.82. The van der Waals surface area contributed by atoms with Gasteiger partial charge in [-0.3, -0.25) is 4.79 Å². The molecule has 0 bridgehead atoms. The van der Waals surface area contributed by atoms with Gasteiger partial charge >= 0.3 is 0 Å². The van der Waals surface area contributed by atoms with E-state index in [9.17, 15) is 4.79 Å². The Balaban J connectivity index is 1.62. The largest absolute Gasteiger partial charge is 0.378 e. The minimum absolute atomic E-state index is 0.0160. The van der Waals surface area contributed by atoms with Crippen LogP contribution in [0.3, 0.4) is 0 Å². The van der Waals surface area contributed by atoms with E-state index >= 15 is 0 Å². The van der Waals surface area contributed by atoms with Gasteiger partial charge in [0.15, 0.2) is 0 Å². The third-order valence-corrected chi connectivity index (χ3v) is 3.85. The van der Waals surface area contributed by atoms with Gasteiger partial charge in [-0.05, 0) is 44.6 Å². The fourth-order valence-electron chi connectivity index (χ4n) is 2.69. The van der Waals surface area contributed by atoms with Crippen molar-refractivity contribution < 1.29 is 9.53 Å². The van der Waals surface area contributed by atoms with Gasteiger partial charge < -0.3 is 15.4 Å². The van der Waals surface area contributed by atoms with Crippen LogP contribution in [0.2, 0.25) is 0 Å². The van der Waals surface area contributed by atoms with E-state index in [0.29, 0.717) is 12.0 Å². The van der Waals surface area contributed by atoms with E-state index in [1.807, 2.05) is 0 Å². The second-order valence-corrected chi connectivity index (χ2v) is 5.27. The first-order valence-electron chi connectivity index (χ1n) is 6.90. The van der Waals surface area contributed by atoms with Crippen LogP contribution in [0, 0.1) is 5.92 Å². The molecule has 2 aliphatic heterocycles. The average Bonchev–Trinajstić information content (AvgIpc) is 2.77. The maximum Gasteiger partial charge on any atom is 0.237 e. The molecule has 0 spiro atoms. The number of ether oxygens (including phenoxy) is 1. The summed E-state index contributed by atoms with van der Waals surface area (Å²) in [5.41, 5.74) is 0. The molecular formula is C13H24N2O2. The minimum atomic E-state index is 0.0160. The van der Waals surface area contributed by atoms with Gasteiger partial charge in [-0.15, -0.1) is 0 Å². The van der Waals surface area contributed by atoms with Crippen molar-refractivity contribution in [3.63, 3.8) is 0 Å². The molecule has 4 nitrogen and oxygen atoms in total. The van der Waals surface area contributed by atoms with Gasteiger partial charge in [0.25, 0.3) is 0 Å². The summed E-state index contributed by atoms with van der Waals surface area (Å²) < 4.78 is 5.64. The first-order valence-corrected chi connectivity index (χ1v) is 6.90. The maximum absolute atomic E-state index is 11.9. The van der Waals surface area contributed by atoms with Gasteiger partial charge in [0.2, 0.25) is 5.91 Å². The Labute approximate surface area is 103 Å². The van der Waals surface area contributed by atoms with Crippen molar-refractivity contribution in [2.24, 2.45) is 5.92 Å². The SMILES string of the molecule is CC1CCNC1C(=O)NCCC1CCCCO1. The van der Waals surface area contributed by atoms with Crippen molar-refractivity contribution >= 4 is 5.91 Å². The van der Waals surface area contributed by atoms with Crippen LogP contribution >= 0.6 is 0 Å². The maximum atomic E-state index is 11.9. The van der Waals surface area contributed by atoms with Gasteiger partial charge in [0.05, 0.1) is 12.1 Å². The smallest absolute Gasteiger partial charge is 0.237 e. The molecule has 3 atom stereocenters. The third-order valence-electron chi connectivity index (χ3n) is 3.85. The van der Waals surface area contributed by atoms with Gasteiger partial charge in [-0.2, -0.15) is 0 Å². The molecule has 0 aromatic heterocycles.